The SMILES string of the molecule is COc1cc(C(=O)N2CCSC(c3ccc4c(c3)OCO4)CC2)c([N+](=O)[O-])cc1OC. The number of hydrogen-bond acceptors (Lipinski definition) is 8. The van der Waals surface area contributed by atoms with Crippen molar-refractivity contribution in [1.82, 2.24) is 4.90 Å². The molecular weight excluding hydrogens is 424 g/mol. The van der Waals surface area contributed by atoms with Crippen molar-refractivity contribution >= 4 is 23.4 Å². The van der Waals surface area contributed by atoms with Crippen LogP contribution < -0.4 is 18.9 Å². The van der Waals surface area contributed by atoms with Crippen LogP contribution in [0.5, 0.6) is 23.0 Å². The minimum Gasteiger partial charge on any atom is -0.493 e. The van der Waals surface area contributed by atoms with E-state index in [9.17, 15) is 14.9 Å². The van der Waals surface area contributed by atoms with E-state index in [0.717, 1.165) is 23.5 Å². The van der Waals surface area contributed by atoms with Crippen LogP contribution in [-0.2, 0) is 0 Å². The minimum atomic E-state index is -0.572. The fourth-order valence-corrected chi connectivity index (χ4v) is 4.94. The summed E-state index contributed by atoms with van der Waals surface area (Å²) in [5.41, 5.74) is 0.807. The van der Waals surface area contributed by atoms with E-state index >= 15 is 0 Å². The first kappa shape index (κ1) is 21.1. The average Bonchev–Trinajstić information content (AvgIpc) is 3.12. The Kier molecular flexibility index (Phi) is 6.08. The Balaban J connectivity index is 1.54. The fourth-order valence-electron chi connectivity index (χ4n) is 3.71. The van der Waals surface area contributed by atoms with Crippen LogP contribution in [0.15, 0.2) is 30.3 Å². The Morgan fingerprint density at radius 3 is 2.61 bits per heavy atom. The highest BCUT2D eigenvalue weighted by atomic mass is 32.2. The van der Waals surface area contributed by atoms with Crippen molar-refractivity contribution in [3.05, 3.63) is 51.6 Å². The third kappa shape index (κ3) is 4.20. The smallest absolute Gasteiger partial charge is 0.286 e. The average molecular weight is 446 g/mol. The van der Waals surface area contributed by atoms with E-state index in [0.29, 0.717) is 18.8 Å². The zero-order valence-electron chi connectivity index (χ0n) is 17.2. The van der Waals surface area contributed by atoms with Gasteiger partial charge >= 0.3 is 0 Å². The second-order valence-corrected chi connectivity index (χ2v) is 8.35. The Morgan fingerprint density at radius 1 is 1.13 bits per heavy atom. The van der Waals surface area contributed by atoms with Crippen molar-refractivity contribution in [2.45, 2.75) is 11.7 Å². The van der Waals surface area contributed by atoms with Crippen LogP contribution in [0.25, 0.3) is 0 Å². The summed E-state index contributed by atoms with van der Waals surface area (Å²) < 4.78 is 21.2. The first-order chi connectivity index (χ1) is 15.0. The van der Waals surface area contributed by atoms with Crippen LogP contribution in [0, 0.1) is 10.1 Å². The number of benzene rings is 2. The maximum absolute atomic E-state index is 13.2. The molecule has 0 saturated carbocycles. The molecule has 0 radical (unpaired) electrons. The van der Waals surface area contributed by atoms with Crippen molar-refractivity contribution in [3.8, 4) is 23.0 Å². The summed E-state index contributed by atoms with van der Waals surface area (Å²) in [5.74, 6) is 2.28. The van der Waals surface area contributed by atoms with Gasteiger partial charge in [-0.1, -0.05) is 6.07 Å². The molecule has 1 saturated heterocycles. The summed E-state index contributed by atoms with van der Waals surface area (Å²) in [6.07, 6.45) is 0.719. The number of nitrogens with zero attached hydrogens (tertiary/aromatic N) is 2. The zero-order chi connectivity index (χ0) is 22.0. The number of hydrogen-bond donors (Lipinski definition) is 0. The normalized spacial score (nSPS) is 17.7. The number of fused-ring (bicyclic) bond motifs is 1. The molecule has 4 rings (SSSR count). The van der Waals surface area contributed by atoms with Crippen LogP contribution in [0.1, 0.15) is 27.6 Å². The van der Waals surface area contributed by atoms with E-state index < -0.39 is 4.92 Å². The molecule has 1 fully saturated rings. The minimum absolute atomic E-state index is 0.00539. The molecule has 31 heavy (non-hydrogen) atoms. The maximum Gasteiger partial charge on any atom is 0.286 e. The highest BCUT2D eigenvalue weighted by Crippen LogP contribution is 2.41. The molecule has 2 aliphatic heterocycles. The molecule has 0 aliphatic carbocycles. The predicted molar refractivity (Wildman–Crippen MR) is 114 cm³/mol. The number of amides is 1. The number of nitro groups is 1. The lowest BCUT2D eigenvalue weighted by atomic mass is 10.1. The molecule has 0 bridgehead atoms. The summed E-state index contributed by atoms with van der Waals surface area (Å²) in [4.78, 5) is 25.9. The third-order valence-electron chi connectivity index (χ3n) is 5.33. The number of methoxy groups -OCH3 is 2. The van der Waals surface area contributed by atoms with Gasteiger partial charge in [-0.25, -0.2) is 0 Å². The Morgan fingerprint density at radius 2 is 1.87 bits per heavy atom. The van der Waals surface area contributed by atoms with Gasteiger partial charge in [-0.05, 0) is 24.1 Å². The number of carbonyl (C=O) groups excluding carboxylic acids is 1. The van der Waals surface area contributed by atoms with Crippen LogP contribution >= 0.6 is 11.8 Å². The molecule has 2 aromatic rings. The van der Waals surface area contributed by atoms with E-state index in [-0.39, 0.29) is 40.7 Å². The second kappa shape index (κ2) is 8.93. The Labute approximate surface area is 183 Å². The van der Waals surface area contributed by atoms with Gasteiger partial charge in [-0.2, -0.15) is 11.8 Å². The van der Waals surface area contributed by atoms with Gasteiger partial charge in [0, 0.05) is 30.2 Å². The topological polar surface area (TPSA) is 100 Å². The lowest BCUT2D eigenvalue weighted by Gasteiger charge is -2.21. The van der Waals surface area contributed by atoms with Crippen LogP contribution in [0.4, 0.5) is 5.69 Å². The first-order valence-electron chi connectivity index (χ1n) is 9.72. The van der Waals surface area contributed by atoms with Gasteiger partial charge in [0.15, 0.2) is 23.0 Å². The lowest BCUT2D eigenvalue weighted by molar-refractivity contribution is -0.385. The Hall–Kier alpha value is -3.14. The van der Waals surface area contributed by atoms with Gasteiger partial charge < -0.3 is 23.8 Å². The molecule has 10 heteroatoms. The summed E-state index contributed by atoms with van der Waals surface area (Å²) >= 11 is 1.75. The van der Waals surface area contributed by atoms with Gasteiger partial charge in [-0.15, -0.1) is 0 Å². The molecule has 1 unspecified atom stereocenters. The first-order valence-corrected chi connectivity index (χ1v) is 10.8. The lowest BCUT2D eigenvalue weighted by Crippen LogP contribution is -2.33. The molecule has 0 N–H and O–H groups in total. The number of carbonyl (C=O) groups is 1. The van der Waals surface area contributed by atoms with Gasteiger partial charge in [0.25, 0.3) is 11.6 Å². The third-order valence-corrected chi connectivity index (χ3v) is 6.65. The number of ether oxygens (including phenoxy) is 4. The molecule has 0 spiro atoms. The zero-order valence-corrected chi connectivity index (χ0v) is 18.0. The van der Waals surface area contributed by atoms with Gasteiger partial charge in [0.05, 0.1) is 25.2 Å². The highest BCUT2D eigenvalue weighted by molar-refractivity contribution is 7.99. The van der Waals surface area contributed by atoms with E-state index in [1.807, 2.05) is 18.2 Å². The van der Waals surface area contributed by atoms with E-state index in [2.05, 4.69) is 0 Å². The standard InChI is InChI=1S/C21H22N2O7S/c1-27-17-10-14(15(23(25)26)11-18(17)28-2)21(24)22-6-5-20(31-8-7-22)13-3-4-16-19(9-13)30-12-29-16/h3-4,9-11,20H,5-8,12H2,1-2H3. The maximum atomic E-state index is 13.2. The molecule has 164 valence electrons. The molecular formula is C21H22N2O7S. The summed E-state index contributed by atoms with van der Waals surface area (Å²) in [7, 11) is 2.82. The number of thioether (sulfide) groups is 1. The van der Waals surface area contributed by atoms with Crippen molar-refractivity contribution in [2.75, 3.05) is 39.9 Å². The molecule has 0 aromatic heterocycles. The molecule has 2 aromatic carbocycles. The van der Waals surface area contributed by atoms with E-state index in [4.69, 9.17) is 18.9 Å². The molecule has 1 atom stereocenters. The quantitative estimate of drug-likeness (QED) is 0.507. The summed E-state index contributed by atoms with van der Waals surface area (Å²) in [5, 5.41) is 11.8. The summed E-state index contributed by atoms with van der Waals surface area (Å²) in [6.45, 7) is 1.20. The van der Waals surface area contributed by atoms with Crippen molar-refractivity contribution < 1.29 is 28.7 Å². The van der Waals surface area contributed by atoms with Crippen LogP contribution in [0.3, 0.4) is 0 Å². The van der Waals surface area contributed by atoms with E-state index in [1.54, 1.807) is 16.7 Å². The van der Waals surface area contributed by atoms with Gasteiger partial charge in [0.1, 0.15) is 5.56 Å². The number of nitro benzene ring substituents is 1. The van der Waals surface area contributed by atoms with Crippen LogP contribution in [-0.4, -0.2) is 55.6 Å². The summed E-state index contributed by atoms with van der Waals surface area (Å²) in [6, 6.07) is 8.51. The van der Waals surface area contributed by atoms with Crippen molar-refractivity contribution in [2.24, 2.45) is 0 Å². The van der Waals surface area contributed by atoms with Gasteiger partial charge in [0.2, 0.25) is 6.79 Å². The predicted octanol–water partition coefficient (Wildman–Crippen LogP) is 3.66. The molecule has 1 amide bonds. The Bertz CT molecular complexity index is 1010. The second-order valence-electron chi connectivity index (χ2n) is 7.03. The molecule has 9 nitrogen and oxygen atoms in total. The molecule has 2 heterocycles. The molecule has 2 aliphatic rings. The number of rotatable bonds is 5. The van der Waals surface area contributed by atoms with Crippen molar-refractivity contribution in [3.63, 3.8) is 0 Å². The van der Waals surface area contributed by atoms with Crippen LogP contribution in [0.2, 0.25) is 0 Å². The van der Waals surface area contributed by atoms with Gasteiger partial charge in [-0.3, -0.25) is 14.9 Å². The van der Waals surface area contributed by atoms with E-state index in [1.165, 1.54) is 26.4 Å². The highest BCUT2D eigenvalue weighted by Gasteiger charge is 2.30. The van der Waals surface area contributed by atoms with Crippen molar-refractivity contribution in [1.29, 1.82) is 0 Å². The fraction of sp³-hybridized carbons (Fsp3) is 0.381. The monoisotopic (exact) mass is 446 g/mol. The largest absolute Gasteiger partial charge is 0.493 e.